The minimum absolute atomic E-state index is 0.343. The molecular formula is C34H32N2. The summed E-state index contributed by atoms with van der Waals surface area (Å²) in [5, 5.41) is 3.60. The van der Waals surface area contributed by atoms with Gasteiger partial charge in [0.2, 0.25) is 0 Å². The molecule has 0 saturated heterocycles. The number of nitrogens with zero attached hydrogens (tertiary/aromatic N) is 1. The van der Waals surface area contributed by atoms with Gasteiger partial charge in [-0.3, -0.25) is 0 Å². The molecule has 0 saturated carbocycles. The molecule has 0 radical (unpaired) electrons. The van der Waals surface area contributed by atoms with Gasteiger partial charge < -0.3 is 10.2 Å². The highest BCUT2D eigenvalue weighted by atomic mass is 15.2. The molecule has 2 heterocycles. The minimum Gasteiger partial charge on any atom is -0.384 e. The highest BCUT2D eigenvalue weighted by Crippen LogP contribution is 2.50. The summed E-state index contributed by atoms with van der Waals surface area (Å²) < 4.78 is 0. The van der Waals surface area contributed by atoms with E-state index in [4.69, 9.17) is 0 Å². The third kappa shape index (κ3) is 3.10. The Morgan fingerprint density at radius 3 is 2.58 bits per heavy atom. The van der Waals surface area contributed by atoms with E-state index >= 15 is 0 Å². The van der Waals surface area contributed by atoms with Gasteiger partial charge in [-0.2, -0.15) is 0 Å². The molecule has 4 aromatic rings. The summed E-state index contributed by atoms with van der Waals surface area (Å²) in [6.45, 7) is 1.05. The van der Waals surface area contributed by atoms with Crippen LogP contribution in [0.4, 0.5) is 17.1 Å². The standard InChI is InChI=1S/C34H32N2/c1-2-10-33-26(5-1)20-34(36(33)27-14-13-23-17-18-35-32(23)21-27)31-9-4-8-29-28(15-16-30(29)31)25-12-11-22-6-3-7-24(22)19-25/h1-2,4-5,8-14,19,21,28,34-35H,3,6-7,15-18,20H2. The Kier molecular flexibility index (Phi) is 4.59. The van der Waals surface area contributed by atoms with Crippen molar-refractivity contribution in [2.45, 2.75) is 56.9 Å². The van der Waals surface area contributed by atoms with E-state index in [1.807, 2.05) is 0 Å². The highest BCUT2D eigenvalue weighted by Gasteiger charge is 2.36. The van der Waals surface area contributed by atoms with Gasteiger partial charge in [-0.05, 0) is 108 Å². The maximum absolute atomic E-state index is 3.60. The zero-order valence-electron chi connectivity index (χ0n) is 20.8. The number of para-hydroxylation sites is 1. The first kappa shape index (κ1) is 20.7. The Hall–Kier alpha value is -3.52. The first-order chi connectivity index (χ1) is 17.8. The summed E-state index contributed by atoms with van der Waals surface area (Å²) in [5.41, 5.74) is 16.3. The van der Waals surface area contributed by atoms with Crippen LogP contribution in [0.5, 0.6) is 0 Å². The van der Waals surface area contributed by atoms with Crippen molar-refractivity contribution in [2.75, 3.05) is 16.8 Å². The predicted molar refractivity (Wildman–Crippen MR) is 149 cm³/mol. The first-order valence-electron chi connectivity index (χ1n) is 13.8. The highest BCUT2D eigenvalue weighted by molar-refractivity contribution is 5.76. The fourth-order valence-electron chi connectivity index (χ4n) is 7.53. The van der Waals surface area contributed by atoms with Gasteiger partial charge in [0.15, 0.2) is 0 Å². The maximum atomic E-state index is 3.60. The second-order valence-corrected chi connectivity index (χ2v) is 11.1. The molecule has 0 spiro atoms. The summed E-state index contributed by atoms with van der Waals surface area (Å²) in [6.07, 6.45) is 8.45. The van der Waals surface area contributed by atoms with Crippen molar-refractivity contribution < 1.29 is 0 Å². The van der Waals surface area contributed by atoms with E-state index in [2.05, 4.69) is 89.1 Å². The van der Waals surface area contributed by atoms with Crippen LogP contribution in [0.2, 0.25) is 0 Å². The molecule has 178 valence electrons. The summed E-state index contributed by atoms with van der Waals surface area (Å²) in [7, 11) is 0. The van der Waals surface area contributed by atoms with E-state index in [1.54, 1.807) is 22.3 Å². The van der Waals surface area contributed by atoms with Crippen LogP contribution in [0.25, 0.3) is 0 Å². The lowest BCUT2D eigenvalue weighted by atomic mass is 9.89. The Morgan fingerprint density at radius 1 is 0.694 bits per heavy atom. The van der Waals surface area contributed by atoms with Crippen LogP contribution >= 0.6 is 0 Å². The van der Waals surface area contributed by atoms with Crippen molar-refractivity contribution in [1.82, 2.24) is 0 Å². The molecule has 0 amide bonds. The fourth-order valence-corrected chi connectivity index (χ4v) is 7.53. The van der Waals surface area contributed by atoms with Crippen LogP contribution in [0.3, 0.4) is 0 Å². The second kappa shape index (κ2) is 8.00. The third-order valence-electron chi connectivity index (χ3n) is 9.25. The number of aryl methyl sites for hydroxylation is 2. The quantitative estimate of drug-likeness (QED) is 0.332. The molecule has 2 nitrogen and oxygen atoms in total. The Balaban J connectivity index is 1.22. The molecule has 8 rings (SSSR count). The molecule has 2 aliphatic carbocycles. The maximum Gasteiger partial charge on any atom is 0.0635 e. The minimum atomic E-state index is 0.343. The van der Waals surface area contributed by atoms with Crippen LogP contribution in [0, 0.1) is 0 Å². The van der Waals surface area contributed by atoms with E-state index in [0.29, 0.717) is 12.0 Å². The zero-order chi connectivity index (χ0) is 23.6. The van der Waals surface area contributed by atoms with Gasteiger partial charge >= 0.3 is 0 Å². The smallest absolute Gasteiger partial charge is 0.0635 e. The predicted octanol–water partition coefficient (Wildman–Crippen LogP) is 7.66. The van der Waals surface area contributed by atoms with Crippen LogP contribution in [-0.2, 0) is 32.1 Å². The molecule has 2 aliphatic heterocycles. The van der Waals surface area contributed by atoms with E-state index < -0.39 is 0 Å². The summed E-state index contributed by atoms with van der Waals surface area (Å²) in [4.78, 5) is 2.62. The van der Waals surface area contributed by atoms with Crippen molar-refractivity contribution >= 4 is 17.1 Å². The van der Waals surface area contributed by atoms with Gasteiger partial charge in [0.1, 0.15) is 0 Å². The molecule has 2 unspecified atom stereocenters. The number of nitrogens with one attached hydrogen (secondary N) is 1. The lowest BCUT2D eigenvalue weighted by molar-refractivity contribution is 0.730. The van der Waals surface area contributed by atoms with E-state index in [1.165, 1.54) is 71.4 Å². The van der Waals surface area contributed by atoms with Crippen LogP contribution < -0.4 is 10.2 Å². The van der Waals surface area contributed by atoms with Gasteiger partial charge in [-0.25, -0.2) is 0 Å². The van der Waals surface area contributed by atoms with E-state index in [9.17, 15) is 0 Å². The molecule has 2 atom stereocenters. The number of anilines is 3. The summed E-state index contributed by atoms with van der Waals surface area (Å²) in [6, 6.07) is 31.0. The van der Waals surface area contributed by atoms with Crippen LogP contribution in [0.1, 0.15) is 69.3 Å². The molecule has 2 heteroatoms. The van der Waals surface area contributed by atoms with Crippen LogP contribution in [-0.4, -0.2) is 6.54 Å². The molecule has 4 aliphatic rings. The van der Waals surface area contributed by atoms with Gasteiger partial charge in [-0.1, -0.05) is 60.7 Å². The number of rotatable bonds is 3. The molecule has 1 N–H and O–H groups in total. The average Bonchev–Trinajstić information content (AvgIpc) is 3.71. The topological polar surface area (TPSA) is 15.3 Å². The normalized spacial score (nSPS) is 21.2. The lowest BCUT2D eigenvalue weighted by Gasteiger charge is -2.30. The largest absolute Gasteiger partial charge is 0.384 e. The molecular weight excluding hydrogens is 436 g/mol. The number of benzene rings is 4. The second-order valence-electron chi connectivity index (χ2n) is 11.1. The van der Waals surface area contributed by atoms with E-state index in [-0.39, 0.29) is 0 Å². The average molecular weight is 469 g/mol. The fraction of sp³-hybridized carbons (Fsp3) is 0.294. The summed E-state index contributed by atoms with van der Waals surface area (Å²) in [5.74, 6) is 0.535. The Bertz CT molecular complexity index is 1500. The van der Waals surface area contributed by atoms with Gasteiger partial charge in [0.25, 0.3) is 0 Å². The van der Waals surface area contributed by atoms with Crippen molar-refractivity contribution in [3.05, 3.63) is 123 Å². The monoisotopic (exact) mass is 468 g/mol. The van der Waals surface area contributed by atoms with Crippen molar-refractivity contribution in [3.8, 4) is 0 Å². The Morgan fingerprint density at radius 2 is 1.58 bits per heavy atom. The number of hydrogen-bond acceptors (Lipinski definition) is 2. The van der Waals surface area contributed by atoms with Crippen molar-refractivity contribution in [3.63, 3.8) is 0 Å². The Labute approximate surface area is 214 Å². The molecule has 4 aromatic carbocycles. The number of hydrogen-bond donors (Lipinski definition) is 1. The van der Waals surface area contributed by atoms with Crippen LogP contribution in [0.15, 0.2) is 78.9 Å². The van der Waals surface area contributed by atoms with Gasteiger partial charge in [-0.15, -0.1) is 0 Å². The molecule has 0 fully saturated rings. The summed E-state index contributed by atoms with van der Waals surface area (Å²) >= 11 is 0. The molecule has 0 bridgehead atoms. The number of fused-ring (bicyclic) bond motifs is 4. The van der Waals surface area contributed by atoms with E-state index in [0.717, 1.165) is 19.4 Å². The molecule has 36 heavy (non-hydrogen) atoms. The third-order valence-corrected chi connectivity index (χ3v) is 9.25. The SMILES string of the molecule is c1ccc2c(c1)CC(c1cccc3c1CCC3c1ccc3c(c1)CCC3)N2c1ccc2c(c1)NCC2. The molecule has 0 aromatic heterocycles. The van der Waals surface area contributed by atoms with Crippen molar-refractivity contribution in [2.24, 2.45) is 0 Å². The van der Waals surface area contributed by atoms with Gasteiger partial charge in [0.05, 0.1) is 6.04 Å². The van der Waals surface area contributed by atoms with Crippen molar-refractivity contribution in [1.29, 1.82) is 0 Å². The zero-order valence-corrected chi connectivity index (χ0v) is 20.8. The van der Waals surface area contributed by atoms with Gasteiger partial charge in [0, 0.05) is 29.5 Å². The first-order valence-corrected chi connectivity index (χ1v) is 13.8. The lowest BCUT2D eigenvalue weighted by Crippen LogP contribution is -2.21.